The molecule has 2 aromatic carbocycles. The van der Waals surface area contributed by atoms with E-state index in [0.717, 1.165) is 64.9 Å². The van der Waals surface area contributed by atoms with Crippen LogP contribution in [0.3, 0.4) is 0 Å². The van der Waals surface area contributed by atoms with Crippen molar-refractivity contribution in [2.45, 2.75) is 31.5 Å². The fourth-order valence-electron chi connectivity index (χ4n) is 4.42. The highest BCUT2D eigenvalue weighted by Crippen LogP contribution is 2.28. The number of ether oxygens (including phenoxy) is 1. The highest BCUT2D eigenvalue weighted by Gasteiger charge is 2.22. The van der Waals surface area contributed by atoms with Gasteiger partial charge in [0.05, 0.1) is 23.4 Å². The second kappa shape index (κ2) is 9.46. The molecular formula is C24H27N5O2S. The van der Waals surface area contributed by atoms with E-state index in [4.69, 9.17) is 4.74 Å². The summed E-state index contributed by atoms with van der Waals surface area (Å²) in [5.74, 6) is 0.775. The Morgan fingerprint density at radius 2 is 2.00 bits per heavy atom. The molecule has 7 nitrogen and oxygen atoms in total. The third-order valence-corrected chi connectivity index (χ3v) is 6.95. The van der Waals surface area contributed by atoms with Crippen molar-refractivity contribution in [3.63, 3.8) is 0 Å². The molecule has 0 bridgehead atoms. The molecule has 0 unspecified atom stereocenters. The van der Waals surface area contributed by atoms with Crippen LogP contribution in [0.2, 0.25) is 0 Å². The average molecular weight is 450 g/mol. The van der Waals surface area contributed by atoms with Crippen LogP contribution >= 0.6 is 11.5 Å². The monoisotopic (exact) mass is 449 g/mol. The van der Waals surface area contributed by atoms with Crippen LogP contribution in [-0.4, -0.2) is 57.4 Å². The van der Waals surface area contributed by atoms with E-state index in [1.165, 1.54) is 17.1 Å². The zero-order valence-electron chi connectivity index (χ0n) is 18.1. The second-order valence-corrected chi connectivity index (χ2v) is 9.12. The van der Waals surface area contributed by atoms with Crippen LogP contribution < -0.4 is 10.1 Å². The molecule has 1 saturated heterocycles. The maximum absolute atomic E-state index is 11.0. The fourth-order valence-corrected chi connectivity index (χ4v) is 5.04. The molecule has 0 amide bonds. The molecule has 4 aromatic rings. The summed E-state index contributed by atoms with van der Waals surface area (Å²) in [6, 6.07) is 14.5. The van der Waals surface area contributed by atoms with E-state index in [-0.39, 0.29) is 0 Å². The van der Waals surface area contributed by atoms with E-state index in [1.54, 1.807) is 13.3 Å². The van der Waals surface area contributed by atoms with Crippen molar-refractivity contribution >= 4 is 32.7 Å². The van der Waals surface area contributed by atoms with E-state index in [0.29, 0.717) is 12.6 Å². The minimum Gasteiger partial charge on any atom is -0.497 e. The third kappa shape index (κ3) is 4.59. The van der Waals surface area contributed by atoms with Crippen molar-refractivity contribution in [1.29, 1.82) is 0 Å². The van der Waals surface area contributed by atoms with Crippen LogP contribution in [0, 0.1) is 0 Å². The van der Waals surface area contributed by atoms with E-state index in [9.17, 15) is 5.11 Å². The Hall–Kier alpha value is -2.65. The smallest absolute Gasteiger partial charge is 0.119 e. The number of fused-ring (bicyclic) bond motifs is 2. The third-order valence-electron chi connectivity index (χ3n) is 6.27. The van der Waals surface area contributed by atoms with Gasteiger partial charge in [-0.05, 0) is 85.0 Å². The molecular weight excluding hydrogens is 422 g/mol. The zero-order valence-corrected chi connectivity index (χ0v) is 18.9. The van der Waals surface area contributed by atoms with Gasteiger partial charge in [-0.2, -0.15) is 0 Å². The van der Waals surface area contributed by atoms with Gasteiger partial charge in [0.2, 0.25) is 0 Å². The van der Waals surface area contributed by atoms with Crippen LogP contribution in [0.5, 0.6) is 5.75 Å². The van der Waals surface area contributed by atoms with E-state index >= 15 is 0 Å². The Bertz CT molecular complexity index is 1210. The van der Waals surface area contributed by atoms with E-state index in [1.807, 2.05) is 30.3 Å². The number of β-amino-alcohol motifs (C(OH)–C–C–N with tert-alkyl or cyclic N) is 1. The lowest BCUT2D eigenvalue weighted by atomic mass is 10.0. The maximum atomic E-state index is 11.0. The van der Waals surface area contributed by atoms with Crippen molar-refractivity contribution in [3.8, 4) is 5.75 Å². The first-order valence-electron chi connectivity index (χ1n) is 11.0. The summed E-state index contributed by atoms with van der Waals surface area (Å²) in [7, 11) is 1.65. The number of pyridine rings is 1. The normalized spacial score (nSPS) is 16.6. The van der Waals surface area contributed by atoms with Gasteiger partial charge in [0, 0.05) is 30.7 Å². The molecule has 0 aliphatic carbocycles. The summed E-state index contributed by atoms with van der Waals surface area (Å²) in [6.07, 6.45) is 3.35. The van der Waals surface area contributed by atoms with Crippen molar-refractivity contribution in [2.24, 2.45) is 0 Å². The number of hydrogen-bond acceptors (Lipinski definition) is 8. The molecule has 166 valence electrons. The Labute approximate surface area is 191 Å². The molecule has 1 fully saturated rings. The largest absolute Gasteiger partial charge is 0.497 e. The number of benzene rings is 2. The van der Waals surface area contributed by atoms with Gasteiger partial charge in [-0.1, -0.05) is 10.6 Å². The van der Waals surface area contributed by atoms with Gasteiger partial charge in [-0.15, -0.1) is 5.10 Å². The summed E-state index contributed by atoms with van der Waals surface area (Å²) < 4.78 is 10.5. The molecule has 5 rings (SSSR count). The van der Waals surface area contributed by atoms with Crippen LogP contribution in [0.25, 0.3) is 21.1 Å². The lowest BCUT2D eigenvalue weighted by Crippen LogP contribution is -2.43. The molecule has 2 aromatic heterocycles. The number of likely N-dealkylation sites (tertiary alicyclic amines) is 1. The number of aliphatic hydroxyl groups excluding tert-OH is 1. The van der Waals surface area contributed by atoms with Gasteiger partial charge in [0.1, 0.15) is 11.3 Å². The van der Waals surface area contributed by atoms with Gasteiger partial charge in [-0.3, -0.25) is 4.98 Å². The molecule has 1 atom stereocenters. The van der Waals surface area contributed by atoms with Crippen molar-refractivity contribution in [1.82, 2.24) is 24.8 Å². The summed E-state index contributed by atoms with van der Waals surface area (Å²) in [6.45, 7) is 3.42. The predicted molar refractivity (Wildman–Crippen MR) is 127 cm³/mol. The standard InChI is InChI=1S/C24H27N5O2S/c1-31-18-3-5-21-20(13-18)19(6-9-25-21)23(30)15-29-10-7-17(8-11-29)26-14-16-2-4-22-24(12-16)32-28-27-22/h2-6,9,12-13,17,23,26,30H,7-8,10-11,14-15H2,1H3/t23-/m0/s1. The first-order valence-corrected chi connectivity index (χ1v) is 11.7. The maximum Gasteiger partial charge on any atom is 0.119 e. The highest BCUT2D eigenvalue weighted by atomic mass is 32.1. The quantitative estimate of drug-likeness (QED) is 0.446. The summed E-state index contributed by atoms with van der Waals surface area (Å²) >= 11 is 1.44. The van der Waals surface area contributed by atoms with Crippen LogP contribution in [0.1, 0.15) is 30.1 Å². The van der Waals surface area contributed by atoms with Crippen molar-refractivity contribution < 1.29 is 9.84 Å². The zero-order chi connectivity index (χ0) is 21.9. The molecule has 1 aliphatic heterocycles. The number of rotatable bonds is 7. The van der Waals surface area contributed by atoms with Gasteiger partial charge in [-0.25, -0.2) is 0 Å². The van der Waals surface area contributed by atoms with Gasteiger partial charge in [0.25, 0.3) is 0 Å². The topological polar surface area (TPSA) is 83.4 Å². The average Bonchev–Trinajstić information content (AvgIpc) is 3.31. The van der Waals surface area contributed by atoms with Crippen LogP contribution in [0.4, 0.5) is 0 Å². The molecule has 8 heteroatoms. The molecule has 0 saturated carbocycles. The van der Waals surface area contributed by atoms with E-state index < -0.39 is 6.10 Å². The number of methoxy groups -OCH3 is 1. The lowest BCUT2D eigenvalue weighted by molar-refractivity contribution is 0.0949. The second-order valence-electron chi connectivity index (χ2n) is 8.33. The van der Waals surface area contributed by atoms with Crippen LogP contribution in [-0.2, 0) is 6.54 Å². The number of piperidine rings is 1. The summed E-state index contributed by atoms with van der Waals surface area (Å²) in [5, 5.41) is 19.7. The Morgan fingerprint density at radius 3 is 2.84 bits per heavy atom. The lowest BCUT2D eigenvalue weighted by Gasteiger charge is -2.33. The summed E-state index contributed by atoms with van der Waals surface area (Å²) in [5.41, 5.74) is 4.01. The van der Waals surface area contributed by atoms with Gasteiger partial charge >= 0.3 is 0 Å². The number of nitrogens with zero attached hydrogens (tertiary/aromatic N) is 4. The number of hydrogen-bond donors (Lipinski definition) is 2. The molecule has 0 spiro atoms. The first-order chi connectivity index (χ1) is 15.7. The molecule has 32 heavy (non-hydrogen) atoms. The number of nitrogens with one attached hydrogen (secondary N) is 1. The Balaban J connectivity index is 1.16. The Morgan fingerprint density at radius 1 is 1.16 bits per heavy atom. The van der Waals surface area contributed by atoms with Crippen molar-refractivity contribution in [3.05, 3.63) is 59.8 Å². The van der Waals surface area contributed by atoms with Gasteiger partial charge < -0.3 is 20.1 Å². The summed E-state index contributed by atoms with van der Waals surface area (Å²) in [4.78, 5) is 6.77. The highest BCUT2D eigenvalue weighted by molar-refractivity contribution is 7.12. The first kappa shape index (κ1) is 21.2. The minimum atomic E-state index is -0.558. The molecule has 0 radical (unpaired) electrons. The van der Waals surface area contributed by atoms with E-state index in [2.05, 4.69) is 36.9 Å². The Kier molecular flexibility index (Phi) is 6.27. The number of aliphatic hydroxyl groups is 1. The van der Waals surface area contributed by atoms with Gasteiger partial charge in [0.15, 0.2) is 0 Å². The fraction of sp³-hybridized carbons (Fsp3) is 0.375. The molecule has 2 N–H and O–H groups in total. The SMILES string of the molecule is COc1ccc2nccc([C@@H](O)CN3CCC(NCc4ccc5nnsc5c4)CC3)c2c1. The van der Waals surface area contributed by atoms with Crippen molar-refractivity contribution in [2.75, 3.05) is 26.7 Å². The van der Waals surface area contributed by atoms with Crippen LogP contribution in [0.15, 0.2) is 48.7 Å². The molecule has 1 aliphatic rings. The minimum absolute atomic E-state index is 0.490. The molecule has 3 heterocycles. The predicted octanol–water partition coefficient (Wildman–Crippen LogP) is 3.54. The number of aromatic nitrogens is 3.